The lowest BCUT2D eigenvalue weighted by Crippen LogP contribution is -2.09. The van der Waals surface area contributed by atoms with Crippen LogP contribution < -0.4 is 4.90 Å². The number of fused-ring (bicyclic) bond motifs is 8. The maximum Gasteiger partial charge on any atom is 0.0468 e. The molecule has 0 aliphatic carbocycles. The van der Waals surface area contributed by atoms with Gasteiger partial charge in [-0.3, -0.25) is 0 Å². The molecule has 0 spiro atoms. The first-order valence-corrected chi connectivity index (χ1v) is 13.8. The number of benzene rings is 7. The van der Waals surface area contributed by atoms with E-state index in [-0.39, 0.29) is 0 Å². The number of anilines is 3. The van der Waals surface area contributed by atoms with Crippen LogP contribution in [-0.4, -0.2) is 0 Å². The van der Waals surface area contributed by atoms with Crippen LogP contribution in [-0.2, 0) is 0 Å². The van der Waals surface area contributed by atoms with Crippen LogP contribution in [0.15, 0.2) is 140 Å². The summed E-state index contributed by atoms with van der Waals surface area (Å²) in [6.45, 7) is 0. The summed E-state index contributed by atoms with van der Waals surface area (Å²) >= 11 is 1.90. The van der Waals surface area contributed by atoms with Crippen LogP contribution in [0.4, 0.5) is 17.1 Å². The zero-order valence-corrected chi connectivity index (χ0v) is 21.5. The number of rotatable bonds is 3. The van der Waals surface area contributed by atoms with Gasteiger partial charge in [0.05, 0.1) is 0 Å². The second kappa shape index (κ2) is 8.44. The summed E-state index contributed by atoms with van der Waals surface area (Å²) in [6, 6.07) is 50.7. The zero-order valence-electron chi connectivity index (χ0n) is 20.6. The van der Waals surface area contributed by atoms with Crippen LogP contribution in [0.1, 0.15) is 0 Å². The van der Waals surface area contributed by atoms with Crippen molar-refractivity contribution in [2.75, 3.05) is 4.90 Å². The standard InChI is InChI=1S/C36H23NS/c1-2-10-28(11-3-1)37(29-19-16-24-8-4-5-9-27(24)22-29)30-20-17-25-14-15-26-18-21-32-31-12-6-7-13-34(31)38-36(32)35(26)33(25)23-30/h1-23H. The van der Waals surface area contributed by atoms with Crippen LogP contribution in [0, 0.1) is 0 Å². The molecule has 0 N–H and O–H groups in total. The van der Waals surface area contributed by atoms with Gasteiger partial charge in [0.25, 0.3) is 0 Å². The average Bonchev–Trinajstić information content (AvgIpc) is 3.36. The van der Waals surface area contributed by atoms with E-state index in [2.05, 4.69) is 144 Å². The molecule has 0 bridgehead atoms. The van der Waals surface area contributed by atoms with Crippen molar-refractivity contribution in [2.24, 2.45) is 0 Å². The maximum absolute atomic E-state index is 2.38. The molecule has 178 valence electrons. The molecule has 0 atom stereocenters. The van der Waals surface area contributed by atoms with Gasteiger partial charge >= 0.3 is 0 Å². The van der Waals surface area contributed by atoms with Gasteiger partial charge in [-0.15, -0.1) is 11.3 Å². The highest BCUT2D eigenvalue weighted by Gasteiger charge is 2.16. The number of hydrogen-bond donors (Lipinski definition) is 0. The number of nitrogens with zero attached hydrogens (tertiary/aromatic N) is 1. The fourth-order valence-corrected chi connectivity index (χ4v) is 7.06. The molecule has 0 saturated carbocycles. The first kappa shape index (κ1) is 21.4. The maximum atomic E-state index is 2.38. The van der Waals surface area contributed by atoms with Gasteiger partial charge in [0.1, 0.15) is 0 Å². The minimum Gasteiger partial charge on any atom is -0.310 e. The summed E-state index contributed by atoms with van der Waals surface area (Å²) < 4.78 is 2.70. The van der Waals surface area contributed by atoms with Gasteiger partial charge in [0, 0.05) is 42.6 Å². The highest BCUT2D eigenvalue weighted by molar-refractivity contribution is 7.26. The summed E-state index contributed by atoms with van der Waals surface area (Å²) in [5.74, 6) is 0. The van der Waals surface area contributed by atoms with E-state index < -0.39 is 0 Å². The summed E-state index contributed by atoms with van der Waals surface area (Å²) in [5, 5.41) is 10.3. The van der Waals surface area contributed by atoms with Crippen LogP contribution in [0.3, 0.4) is 0 Å². The predicted molar refractivity (Wildman–Crippen MR) is 167 cm³/mol. The van der Waals surface area contributed by atoms with Crippen molar-refractivity contribution >= 4 is 80.9 Å². The smallest absolute Gasteiger partial charge is 0.0468 e. The molecule has 1 aromatic heterocycles. The third-order valence-corrected chi connectivity index (χ3v) is 8.80. The molecule has 0 amide bonds. The molecule has 1 heterocycles. The van der Waals surface area contributed by atoms with Crippen molar-refractivity contribution in [3.05, 3.63) is 140 Å². The van der Waals surface area contributed by atoms with E-state index in [0.29, 0.717) is 0 Å². The Morgan fingerprint density at radius 3 is 1.95 bits per heavy atom. The Kier molecular flexibility index (Phi) is 4.76. The minimum absolute atomic E-state index is 1.15. The Morgan fingerprint density at radius 1 is 0.395 bits per heavy atom. The van der Waals surface area contributed by atoms with Crippen molar-refractivity contribution in [3.63, 3.8) is 0 Å². The van der Waals surface area contributed by atoms with Crippen molar-refractivity contribution in [1.29, 1.82) is 0 Å². The summed E-state index contributed by atoms with van der Waals surface area (Å²) in [5.41, 5.74) is 3.46. The van der Waals surface area contributed by atoms with Gasteiger partial charge < -0.3 is 4.90 Å². The molecule has 8 aromatic rings. The van der Waals surface area contributed by atoms with E-state index in [1.54, 1.807) is 0 Å². The molecule has 38 heavy (non-hydrogen) atoms. The SMILES string of the molecule is c1ccc(N(c2ccc3ccccc3c2)c2ccc3ccc4ccc5c6ccccc6sc5c4c3c2)cc1. The molecule has 0 unspecified atom stereocenters. The molecule has 0 radical (unpaired) electrons. The quantitative estimate of drug-likeness (QED) is 0.218. The largest absolute Gasteiger partial charge is 0.310 e. The minimum atomic E-state index is 1.15. The summed E-state index contributed by atoms with van der Waals surface area (Å²) in [6.07, 6.45) is 0. The van der Waals surface area contributed by atoms with Crippen molar-refractivity contribution in [3.8, 4) is 0 Å². The fraction of sp³-hybridized carbons (Fsp3) is 0. The van der Waals surface area contributed by atoms with E-state index in [1.165, 1.54) is 52.5 Å². The lowest BCUT2D eigenvalue weighted by Gasteiger charge is -2.26. The molecule has 0 aliphatic rings. The second-order valence-corrected chi connectivity index (χ2v) is 10.9. The van der Waals surface area contributed by atoms with Gasteiger partial charge in [-0.1, -0.05) is 97.1 Å². The van der Waals surface area contributed by atoms with Gasteiger partial charge in [0.15, 0.2) is 0 Å². The Hall–Kier alpha value is -4.66. The summed E-state index contributed by atoms with van der Waals surface area (Å²) in [7, 11) is 0. The van der Waals surface area contributed by atoms with Gasteiger partial charge in [-0.05, 0) is 69.4 Å². The first-order chi connectivity index (χ1) is 18.8. The van der Waals surface area contributed by atoms with Crippen LogP contribution in [0.2, 0.25) is 0 Å². The molecule has 8 rings (SSSR count). The van der Waals surface area contributed by atoms with E-state index in [9.17, 15) is 0 Å². The van der Waals surface area contributed by atoms with Crippen LogP contribution >= 0.6 is 11.3 Å². The molecule has 7 aromatic carbocycles. The molecule has 1 nitrogen and oxygen atoms in total. The highest BCUT2D eigenvalue weighted by atomic mass is 32.1. The molecule has 0 aliphatic heterocycles. The van der Waals surface area contributed by atoms with Crippen molar-refractivity contribution in [2.45, 2.75) is 0 Å². The second-order valence-electron chi connectivity index (χ2n) is 9.81. The van der Waals surface area contributed by atoms with Gasteiger partial charge in [-0.25, -0.2) is 0 Å². The average molecular weight is 502 g/mol. The van der Waals surface area contributed by atoms with Crippen LogP contribution in [0.5, 0.6) is 0 Å². The fourth-order valence-electron chi connectivity index (χ4n) is 5.79. The molecular weight excluding hydrogens is 478 g/mol. The van der Waals surface area contributed by atoms with Crippen molar-refractivity contribution < 1.29 is 0 Å². The third kappa shape index (κ3) is 3.31. The molecule has 0 saturated heterocycles. The normalized spacial score (nSPS) is 11.7. The van der Waals surface area contributed by atoms with Gasteiger partial charge in [0.2, 0.25) is 0 Å². The Morgan fingerprint density at radius 2 is 1.05 bits per heavy atom. The zero-order chi connectivity index (χ0) is 25.1. The molecular formula is C36H23NS. The first-order valence-electron chi connectivity index (χ1n) is 12.9. The number of thiophene rings is 1. The lowest BCUT2D eigenvalue weighted by molar-refractivity contribution is 1.29. The topological polar surface area (TPSA) is 3.24 Å². The Labute approximate surface area is 224 Å². The van der Waals surface area contributed by atoms with E-state index in [0.717, 1.165) is 17.1 Å². The Bertz CT molecular complexity index is 2140. The summed E-state index contributed by atoms with van der Waals surface area (Å²) in [4.78, 5) is 2.37. The van der Waals surface area contributed by atoms with Crippen LogP contribution in [0.25, 0.3) is 52.5 Å². The van der Waals surface area contributed by atoms with E-state index in [1.807, 2.05) is 11.3 Å². The monoisotopic (exact) mass is 501 g/mol. The highest BCUT2D eigenvalue weighted by Crippen LogP contribution is 2.43. The lowest BCUT2D eigenvalue weighted by atomic mass is 9.99. The number of hydrogen-bond acceptors (Lipinski definition) is 2. The van der Waals surface area contributed by atoms with E-state index in [4.69, 9.17) is 0 Å². The number of para-hydroxylation sites is 1. The molecule has 0 fully saturated rings. The van der Waals surface area contributed by atoms with Gasteiger partial charge in [-0.2, -0.15) is 0 Å². The third-order valence-electron chi connectivity index (χ3n) is 7.59. The Balaban J connectivity index is 1.42. The van der Waals surface area contributed by atoms with Crippen molar-refractivity contribution in [1.82, 2.24) is 0 Å². The predicted octanol–water partition coefficient (Wildman–Crippen LogP) is 11.0. The van der Waals surface area contributed by atoms with E-state index >= 15 is 0 Å². The molecule has 2 heteroatoms.